The second-order valence-corrected chi connectivity index (χ2v) is 3.76. The molecule has 0 aromatic heterocycles. The number of rotatable bonds is 5. The summed E-state index contributed by atoms with van der Waals surface area (Å²) >= 11 is 0. The van der Waals surface area contributed by atoms with Gasteiger partial charge < -0.3 is 10.5 Å². The van der Waals surface area contributed by atoms with E-state index in [-0.39, 0.29) is 6.61 Å². The fourth-order valence-electron chi connectivity index (χ4n) is 1.42. The summed E-state index contributed by atoms with van der Waals surface area (Å²) in [7, 11) is 0. The zero-order valence-electron chi connectivity index (χ0n) is 9.58. The van der Waals surface area contributed by atoms with Crippen LogP contribution in [0, 0.1) is 0 Å². The van der Waals surface area contributed by atoms with Crippen molar-refractivity contribution in [2.24, 2.45) is 0 Å². The molecule has 0 fully saturated rings. The highest BCUT2D eigenvalue weighted by atomic mass is 19.3. The summed E-state index contributed by atoms with van der Waals surface area (Å²) in [5.74, 6) is -3.98. The number of alkyl halides is 2. The van der Waals surface area contributed by atoms with Gasteiger partial charge >= 0.3 is 5.97 Å². The molecule has 1 aromatic rings. The number of nitrogen functional groups attached to an aromatic ring is 1. The summed E-state index contributed by atoms with van der Waals surface area (Å²) < 4.78 is 31.4. The topological polar surface area (TPSA) is 52.3 Å². The summed E-state index contributed by atoms with van der Waals surface area (Å²) in [6, 6.07) is 6.15. The number of nitrogens with two attached hydrogens (primary N) is 1. The van der Waals surface area contributed by atoms with Crippen molar-refractivity contribution >= 4 is 11.7 Å². The van der Waals surface area contributed by atoms with Crippen LogP contribution in [-0.2, 0) is 16.0 Å². The lowest BCUT2D eigenvalue weighted by Gasteiger charge is -2.15. The molecule has 5 heteroatoms. The average Bonchev–Trinajstić information content (AvgIpc) is 2.20. The normalized spacial score (nSPS) is 11.2. The van der Waals surface area contributed by atoms with Crippen molar-refractivity contribution in [2.75, 3.05) is 12.3 Å². The quantitative estimate of drug-likeness (QED) is 0.638. The van der Waals surface area contributed by atoms with Crippen LogP contribution in [0.5, 0.6) is 0 Å². The SMILES string of the molecule is CCOC(=O)CC(F)(F)Cc1ccc(N)cc1. The minimum absolute atomic E-state index is 0.108. The summed E-state index contributed by atoms with van der Waals surface area (Å²) in [5.41, 5.74) is 6.40. The van der Waals surface area contributed by atoms with Gasteiger partial charge in [-0.3, -0.25) is 4.79 Å². The first-order valence-corrected chi connectivity index (χ1v) is 5.31. The first kappa shape index (κ1) is 13.4. The monoisotopic (exact) mass is 243 g/mol. The molecular weight excluding hydrogens is 228 g/mol. The lowest BCUT2D eigenvalue weighted by molar-refractivity contribution is -0.150. The van der Waals surface area contributed by atoms with Crippen molar-refractivity contribution < 1.29 is 18.3 Å². The van der Waals surface area contributed by atoms with E-state index in [2.05, 4.69) is 4.74 Å². The third-order valence-electron chi connectivity index (χ3n) is 2.15. The van der Waals surface area contributed by atoms with Gasteiger partial charge in [0.2, 0.25) is 0 Å². The second-order valence-electron chi connectivity index (χ2n) is 3.76. The van der Waals surface area contributed by atoms with Crippen molar-refractivity contribution in [2.45, 2.75) is 25.7 Å². The van der Waals surface area contributed by atoms with Crippen LogP contribution in [0.25, 0.3) is 0 Å². The minimum Gasteiger partial charge on any atom is -0.466 e. The van der Waals surface area contributed by atoms with Gasteiger partial charge in [-0.1, -0.05) is 12.1 Å². The van der Waals surface area contributed by atoms with Gasteiger partial charge in [0.25, 0.3) is 5.92 Å². The fourth-order valence-corrected chi connectivity index (χ4v) is 1.42. The van der Waals surface area contributed by atoms with Crippen LogP contribution in [0.4, 0.5) is 14.5 Å². The largest absolute Gasteiger partial charge is 0.466 e. The Morgan fingerprint density at radius 3 is 2.47 bits per heavy atom. The van der Waals surface area contributed by atoms with Crippen molar-refractivity contribution in [3.05, 3.63) is 29.8 Å². The molecule has 0 unspecified atom stereocenters. The molecule has 0 spiro atoms. The minimum atomic E-state index is -3.09. The number of esters is 1. The average molecular weight is 243 g/mol. The van der Waals surface area contributed by atoms with E-state index in [1.165, 1.54) is 12.1 Å². The van der Waals surface area contributed by atoms with Gasteiger partial charge in [-0.2, -0.15) is 0 Å². The van der Waals surface area contributed by atoms with Crippen LogP contribution in [0.1, 0.15) is 18.9 Å². The highest BCUT2D eigenvalue weighted by Crippen LogP contribution is 2.24. The van der Waals surface area contributed by atoms with E-state index in [9.17, 15) is 13.6 Å². The van der Waals surface area contributed by atoms with Crippen LogP contribution >= 0.6 is 0 Å². The van der Waals surface area contributed by atoms with Gasteiger partial charge in [-0.25, -0.2) is 8.78 Å². The molecule has 0 saturated heterocycles. The Kier molecular flexibility index (Phi) is 4.43. The number of ether oxygens (including phenoxy) is 1. The maximum atomic E-state index is 13.5. The van der Waals surface area contributed by atoms with E-state index in [0.717, 1.165) is 0 Å². The molecular formula is C12H15F2NO2. The molecule has 0 aliphatic rings. The van der Waals surface area contributed by atoms with Crippen LogP contribution in [0.2, 0.25) is 0 Å². The molecule has 0 atom stereocenters. The highest BCUT2D eigenvalue weighted by molar-refractivity contribution is 5.70. The predicted octanol–water partition coefficient (Wildman–Crippen LogP) is 2.40. The van der Waals surface area contributed by atoms with E-state index < -0.39 is 24.7 Å². The van der Waals surface area contributed by atoms with Crippen molar-refractivity contribution in [3.8, 4) is 0 Å². The Bertz CT molecular complexity index is 377. The first-order valence-electron chi connectivity index (χ1n) is 5.31. The Balaban J connectivity index is 2.59. The standard InChI is InChI=1S/C12H15F2NO2/c1-2-17-11(16)8-12(13,14)7-9-3-5-10(15)6-4-9/h3-6H,2,7-8,15H2,1H3. The second kappa shape index (κ2) is 5.61. The van der Waals surface area contributed by atoms with Crippen molar-refractivity contribution in [1.29, 1.82) is 0 Å². The van der Waals surface area contributed by atoms with Crippen LogP contribution < -0.4 is 5.73 Å². The number of hydrogen-bond acceptors (Lipinski definition) is 3. The Hall–Kier alpha value is -1.65. The van der Waals surface area contributed by atoms with Gasteiger partial charge in [0.05, 0.1) is 6.61 Å². The summed E-state index contributed by atoms with van der Waals surface area (Å²) in [6.07, 6.45) is -1.39. The third kappa shape index (κ3) is 4.80. The maximum absolute atomic E-state index is 13.5. The predicted molar refractivity (Wildman–Crippen MR) is 60.8 cm³/mol. The molecule has 1 aromatic carbocycles. The number of hydrogen-bond donors (Lipinski definition) is 1. The Morgan fingerprint density at radius 1 is 1.35 bits per heavy atom. The summed E-state index contributed by atoms with van der Waals surface area (Å²) in [5, 5.41) is 0. The lowest BCUT2D eigenvalue weighted by atomic mass is 10.0. The van der Waals surface area contributed by atoms with Gasteiger partial charge in [-0.05, 0) is 24.6 Å². The van der Waals surface area contributed by atoms with E-state index in [4.69, 9.17) is 5.73 Å². The number of benzene rings is 1. The molecule has 3 nitrogen and oxygen atoms in total. The van der Waals surface area contributed by atoms with Crippen LogP contribution in [0.15, 0.2) is 24.3 Å². The third-order valence-corrected chi connectivity index (χ3v) is 2.15. The number of anilines is 1. The summed E-state index contributed by atoms with van der Waals surface area (Å²) in [4.78, 5) is 11.0. The van der Waals surface area contributed by atoms with Gasteiger partial charge in [0.1, 0.15) is 6.42 Å². The molecule has 0 radical (unpaired) electrons. The maximum Gasteiger partial charge on any atom is 0.311 e. The summed E-state index contributed by atoms with van der Waals surface area (Å²) in [6.45, 7) is 1.69. The molecule has 2 N–H and O–H groups in total. The molecule has 0 aliphatic heterocycles. The number of halogens is 2. The Morgan fingerprint density at radius 2 is 1.94 bits per heavy atom. The molecule has 0 aliphatic carbocycles. The van der Waals surface area contributed by atoms with Crippen LogP contribution in [0.3, 0.4) is 0 Å². The molecule has 0 heterocycles. The smallest absolute Gasteiger partial charge is 0.311 e. The van der Waals surface area contributed by atoms with E-state index >= 15 is 0 Å². The van der Waals surface area contributed by atoms with Gasteiger partial charge in [0, 0.05) is 12.1 Å². The molecule has 0 bridgehead atoms. The molecule has 0 saturated carbocycles. The molecule has 94 valence electrons. The van der Waals surface area contributed by atoms with Gasteiger partial charge in [0.15, 0.2) is 0 Å². The molecule has 1 rings (SSSR count). The lowest BCUT2D eigenvalue weighted by Crippen LogP contribution is -2.25. The zero-order valence-corrected chi connectivity index (χ0v) is 9.58. The fraction of sp³-hybridized carbons (Fsp3) is 0.417. The first-order chi connectivity index (χ1) is 7.93. The molecule has 17 heavy (non-hydrogen) atoms. The zero-order chi connectivity index (χ0) is 12.9. The highest BCUT2D eigenvalue weighted by Gasteiger charge is 2.33. The van der Waals surface area contributed by atoms with Crippen molar-refractivity contribution in [1.82, 2.24) is 0 Å². The van der Waals surface area contributed by atoms with E-state index in [0.29, 0.717) is 11.3 Å². The Labute approximate surface area is 98.6 Å². The number of carbonyl (C=O) groups excluding carboxylic acids is 1. The van der Waals surface area contributed by atoms with Crippen LogP contribution in [-0.4, -0.2) is 18.5 Å². The van der Waals surface area contributed by atoms with Gasteiger partial charge in [-0.15, -0.1) is 0 Å². The molecule has 0 amide bonds. The van der Waals surface area contributed by atoms with E-state index in [1.807, 2.05) is 0 Å². The van der Waals surface area contributed by atoms with Crippen molar-refractivity contribution in [3.63, 3.8) is 0 Å². The number of carbonyl (C=O) groups is 1. The van der Waals surface area contributed by atoms with E-state index in [1.54, 1.807) is 19.1 Å².